The Morgan fingerprint density at radius 2 is 1.85 bits per heavy atom. The number of hydrogen-bond donors (Lipinski definition) is 1. The molecule has 6 nitrogen and oxygen atoms in total. The molecule has 2 aromatic rings. The first-order chi connectivity index (χ1) is 12.7. The quantitative estimate of drug-likeness (QED) is 0.921. The second kappa shape index (κ2) is 7.25. The molecule has 0 radical (unpaired) electrons. The van der Waals surface area contributed by atoms with Crippen LogP contribution >= 0.6 is 0 Å². The number of aryl methyl sites for hydroxylation is 1. The van der Waals surface area contributed by atoms with Crippen molar-refractivity contribution in [3.05, 3.63) is 53.6 Å². The summed E-state index contributed by atoms with van der Waals surface area (Å²) >= 11 is 0. The van der Waals surface area contributed by atoms with Crippen LogP contribution in [0.15, 0.2) is 42.5 Å². The topological polar surface area (TPSA) is 54.0 Å². The van der Waals surface area contributed by atoms with Crippen LogP contribution in [0, 0.1) is 6.92 Å². The van der Waals surface area contributed by atoms with Crippen molar-refractivity contribution in [1.82, 2.24) is 9.80 Å². The van der Waals surface area contributed by atoms with E-state index in [1.807, 2.05) is 17.0 Å². The Kier molecular flexibility index (Phi) is 4.67. The van der Waals surface area contributed by atoms with Crippen LogP contribution in [0.3, 0.4) is 0 Å². The maximum absolute atomic E-state index is 12.5. The first-order valence-corrected chi connectivity index (χ1v) is 8.91. The zero-order valence-electron chi connectivity index (χ0n) is 14.9. The fraction of sp³-hybridized carbons (Fsp3) is 0.350. The summed E-state index contributed by atoms with van der Waals surface area (Å²) in [6.07, 6.45) is 0. The molecule has 0 bridgehead atoms. The van der Waals surface area contributed by atoms with Crippen molar-refractivity contribution in [2.45, 2.75) is 13.5 Å². The second-order valence-corrected chi connectivity index (χ2v) is 6.75. The van der Waals surface area contributed by atoms with E-state index >= 15 is 0 Å². The molecule has 0 saturated carbocycles. The molecule has 2 aliphatic rings. The van der Waals surface area contributed by atoms with Crippen LogP contribution in [0.2, 0.25) is 0 Å². The van der Waals surface area contributed by atoms with Gasteiger partial charge in [0.05, 0.1) is 0 Å². The van der Waals surface area contributed by atoms with Gasteiger partial charge < -0.3 is 19.7 Å². The number of fused-ring (bicyclic) bond motifs is 1. The molecular weight excluding hydrogens is 330 g/mol. The van der Waals surface area contributed by atoms with Crippen molar-refractivity contribution in [2.24, 2.45) is 0 Å². The van der Waals surface area contributed by atoms with E-state index in [0.29, 0.717) is 11.5 Å². The third kappa shape index (κ3) is 3.75. The van der Waals surface area contributed by atoms with Crippen LogP contribution in [0.1, 0.15) is 11.1 Å². The van der Waals surface area contributed by atoms with Crippen LogP contribution < -0.4 is 14.8 Å². The number of carbonyl (C=O) groups is 1. The van der Waals surface area contributed by atoms with Crippen molar-refractivity contribution < 1.29 is 14.3 Å². The number of piperazine rings is 1. The number of carbonyl (C=O) groups excluding carboxylic acids is 1. The summed E-state index contributed by atoms with van der Waals surface area (Å²) in [4.78, 5) is 16.7. The van der Waals surface area contributed by atoms with E-state index in [1.54, 1.807) is 6.07 Å². The Hall–Kier alpha value is -2.73. The fourth-order valence-electron chi connectivity index (χ4n) is 3.35. The third-order valence-electron chi connectivity index (χ3n) is 4.77. The molecule has 2 aliphatic heterocycles. The molecule has 2 aromatic carbocycles. The molecular formula is C20H23N3O3. The van der Waals surface area contributed by atoms with Gasteiger partial charge in [0.25, 0.3) is 0 Å². The maximum Gasteiger partial charge on any atom is 0.321 e. The molecule has 4 rings (SSSR count). The lowest BCUT2D eigenvalue weighted by Gasteiger charge is -2.34. The van der Waals surface area contributed by atoms with Gasteiger partial charge in [-0.1, -0.05) is 29.8 Å². The van der Waals surface area contributed by atoms with Crippen LogP contribution in [0.4, 0.5) is 10.5 Å². The van der Waals surface area contributed by atoms with Crippen molar-refractivity contribution >= 4 is 11.7 Å². The van der Waals surface area contributed by atoms with E-state index in [2.05, 4.69) is 41.4 Å². The van der Waals surface area contributed by atoms with E-state index in [-0.39, 0.29) is 12.8 Å². The number of urea groups is 1. The summed E-state index contributed by atoms with van der Waals surface area (Å²) in [5.74, 6) is 1.39. The SMILES string of the molecule is Cc1cccc(CN2CCN(C(=O)Nc3ccc4c(c3)OCO4)CC2)c1. The predicted molar refractivity (Wildman–Crippen MR) is 99.6 cm³/mol. The van der Waals surface area contributed by atoms with Crippen LogP contribution in [-0.2, 0) is 6.54 Å². The summed E-state index contributed by atoms with van der Waals surface area (Å²) < 4.78 is 10.6. The maximum atomic E-state index is 12.5. The number of hydrogen-bond acceptors (Lipinski definition) is 4. The predicted octanol–water partition coefficient (Wildman–Crippen LogP) is 3.07. The minimum atomic E-state index is -0.0703. The first kappa shape index (κ1) is 16.7. The Morgan fingerprint density at radius 3 is 2.65 bits per heavy atom. The highest BCUT2D eigenvalue weighted by atomic mass is 16.7. The van der Waals surface area contributed by atoms with Crippen LogP contribution in [-0.4, -0.2) is 48.8 Å². The molecule has 1 N–H and O–H groups in total. The summed E-state index contributed by atoms with van der Waals surface area (Å²) in [5, 5.41) is 2.95. The highest BCUT2D eigenvalue weighted by molar-refractivity contribution is 5.89. The number of ether oxygens (including phenoxy) is 2. The highest BCUT2D eigenvalue weighted by Gasteiger charge is 2.22. The van der Waals surface area contributed by atoms with Crippen molar-refractivity contribution in [2.75, 3.05) is 38.3 Å². The van der Waals surface area contributed by atoms with Gasteiger partial charge in [-0.2, -0.15) is 0 Å². The molecule has 0 unspecified atom stereocenters. The molecule has 0 aromatic heterocycles. The van der Waals surface area contributed by atoms with E-state index < -0.39 is 0 Å². The van der Waals surface area contributed by atoms with Gasteiger partial charge in [0.2, 0.25) is 6.79 Å². The minimum absolute atomic E-state index is 0.0703. The highest BCUT2D eigenvalue weighted by Crippen LogP contribution is 2.34. The molecule has 0 spiro atoms. The molecule has 0 aliphatic carbocycles. The Labute approximate surface area is 153 Å². The van der Waals surface area contributed by atoms with E-state index in [9.17, 15) is 4.79 Å². The zero-order chi connectivity index (χ0) is 17.9. The number of benzene rings is 2. The van der Waals surface area contributed by atoms with Crippen molar-refractivity contribution in [3.8, 4) is 11.5 Å². The van der Waals surface area contributed by atoms with Crippen molar-refractivity contribution in [3.63, 3.8) is 0 Å². The largest absolute Gasteiger partial charge is 0.454 e. The van der Waals surface area contributed by atoms with Gasteiger partial charge in [0.15, 0.2) is 11.5 Å². The van der Waals surface area contributed by atoms with Crippen molar-refractivity contribution in [1.29, 1.82) is 0 Å². The standard InChI is InChI=1S/C20H23N3O3/c1-15-3-2-4-16(11-15)13-22-7-9-23(10-8-22)20(24)21-17-5-6-18-19(12-17)26-14-25-18/h2-6,11-12H,7-10,13-14H2,1H3,(H,21,24). The lowest BCUT2D eigenvalue weighted by Crippen LogP contribution is -2.49. The summed E-state index contributed by atoms with van der Waals surface area (Å²) in [7, 11) is 0. The number of rotatable bonds is 3. The van der Waals surface area contributed by atoms with Crippen LogP contribution in [0.25, 0.3) is 0 Å². The normalized spacial score (nSPS) is 16.6. The summed E-state index contributed by atoms with van der Waals surface area (Å²) in [6.45, 7) is 6.48. The van der Waals surface area contributed by atoms with E-state index in [0.717, 1.165) is 38.4 Å². The van der Waals surface area contributed by atoms with Gasteiger partial charge in [-0.05, 0) is 24.6 Å². The minimum Gasteiger partial charge on any atom is -0.454 e. The monoisotopic (exact) mass is 353 g/mol. The zero-order valence-corrected chi connectivity index (χ0v) is 14.9. The number of amides is 2. The Balaban J connectivity index is 1.29. The van der Waals surface area contributed by atoms with Gasteiger partial charge in [0, 0.05) is 44.5 Å². The lowest BCUT2D eigenvalue weighted by atomic mass is 10.1. The first-order valence-electron chi connectivity index (χ1n) is 8.91. The average molecular weight is 353 g/mol. The molecule has 1 saturated heterocycles. The van der Waals surface area contributed by atoms with Gasteiger partial charge in [0.1, 0.15) is 0 Å². The Bertz CT molecular complexity index is 801. The fourth-order valence-corrected chi connectivity index (χ4v) is 3.35. The number of anilines is 1. The van der Waals surface area contributed by atoms with Gasteiger partial charge in [-0.15, -0.1) is 0 Å². The average Bonchev–Trinajstić information content (AvgIpc) is 3.10. The number of nitrogens with one attached hydrogen (secondary N) is 1. The molecule has 136 valence electrons. The molecule has 1 fully saturated rings. The molecule has 2 heterocycles. The van der Waals surface area contributed by atoms with Gasteiger partial charge in [-0.25, -0.2) is 4.79 Å². The molecule has 26 heavy (non-hydrogen) atoms. The number of nitrogens with zero attached hydrogens (tertiary/aromatic N) is 2. The lowest BCUT2D eigenvalue weighted by molar-refractivity contribution is 0.143. The third-order valence-corrected chi connectivity index (χ3v) is 4.77. The summed E-state index contributed by atoms with van der Waals surface area (Å²) in [6, 6.07) is 14.0. The molecule has 2 amide bonds. The van der Waals surface area contributed by atoms with E-state index in [4.69, 9.17) is 9.47 Å². The second-order valence-electron chi connectivity index (χ2n) is 6.75. The molecule has 6 heteroatoms. The smallest absolute Gasteiger partial charge is 0.321 e. The van der Waals surface area contributed by atoms with Gasteiger partial charge in [-0.3, -0.25) is 4.90 Å². The van der Waals surface area contributed by atoms with Crippen LogP contribution in [0.5, 0.6) is 11.5 Å². The Morgan fingerprint density at radius 1 is 1.04 bits per heavy atom. The van der Waals surface area contributed by atoms with Gasteiger partial charge >= 0.3 is 6.03 Å². The van der Waals surface area contributed by atoms with E-state index in [1.165, 1.54) is 11.1 Å². The summed E-state index contributed by atoms with van der Waals surface area (Å²) in [5.41, 5.74) is 3.33. The molecule has 0 atom stereocenters.